The zero-order chi connectivity index (χ0) is 14.9. The minimum atomic E-state index is -0.440. The molecular formula is C15H19IN2O2. The molecule has 20 heavy (non-hydrogen) atoms. The molecule has 2 amide bonds. The zero-order valence-electron chi connectivity index (χ0n) is 11.9. The van der Waals surface area contributed by atoms with E-state index < -0.39 is 12.1 Å². The summed E-state index contributed by atoms with van der Waals surface area (Å²) in [4.78, 5) is 26.6. The second-order valence-corrected chi connectivity index (χ2v) is 6.58. The summed E-state index contributed by atoms with van der Waals surface area (Å²) in [5, 5.41) is 2.85. The van der Waals surface area contributed by atoms with E-state index in [9.17, 15) is 9.59 Å². The Bertz CT molecular complexity index is 513. The first kappa shape index (κ1) is 15.3. The first-order valence-corrected chi connectivity index (χ1v) is 7.92. The average molecular weight is 386 g/mol. The lowest BCUT2D eigenvalue weighted by atomic mass is 9.96. The molecule has 4 nitrogen and oxygen atoms in total. The standard InChI is InChI=1S/C15H19IN2O2/c1-4-12-14(19)17-13(9(2)3)15(20)18(12)11-7-5-10(16)6-8-11/h5-9,12-13H,4H2,1-3H3,(H,17,19). The predicted molar refractivity (Wildman–Crippen MR) is 87.5 cm³/mol. The number of carbonyl (C=O) groups excluding carboxylic acids is 2. The monoisotopic (exact) mass is 386 g/mol. The fourth-order valence-corrected chi connectivity index (χ4v) is 2.82. The maximum absolute atomic E-state index is 12.7. The maximum Gasteiger partial charge on any atom is 0.250 e. The molecule has 2 rings (SSSR count). The van der Waals surface area contributed by atoms with Gasteiger partial charge in [0.25, 0.3) is 5.91 Å². The van der Waals surface area contributed by atoms with Gasteiger partial charge in [0.2, 0.25) is 5.91 Å². The first-order chi connectivity index (χ1) is 9.45. The molecule has 108 valence electrons. The predicted octanol–water partition coefficient (Wildman–Crippen LogP) is 2.56. The van der Waals surface area contributed by atoms with Crippen LogP contribution in [0.25, 0.3) is 0 Å². The van der Waals surface area contributed by atoms with E-state index in [1.54, 1.807) is 4.90 Å². The SMILES string of the molecule is CCC1C(=O)NC(C(C)C)C(=O)N1c1ccc(I)cc1. The van der Waals surface area contributed by atoms with E-state index in [0.717, 1.165) is 9.26 Å². The summed E-state index contributed by atoms with van der Waals surface area (Å²) < 4.78 is 1.11. The molecule has 0 aromatic heterocycles. The molecule has 0 bridgehead atoms. The Hall–Kier alpha value is -1.11. The maximum atomic E-state index is 12.7. The Kier molecular flexibility index (Phi) is 4.67. The number of benzene rings is 1. The molecule has 1 heterocycles. The number of amides is 2. The Balaban J connectivity index is 2.41. The van der Waals surface area contributed by atoms with Gasteiger partial charge in [-0.25, -0.2) is 0 Å². The number of anilines is 1. The normalized spacial score (nSPS) is 23.1. The summed E-state index contributed by atoms with van der Waals surface area (Å²) in [5.41, 5.74) is 0.794. The van der Waals surface area contributed by atoms with Crippen molar-refractivity contribution in [2.45, 2.75) is 39.3 Å². The van der Waals surface area contributed by atoms with Crippen LogP contribution in [0.15, 0.2) is 24.3 Å². The minimum Gasteiger partial charge on any atom is -0.342 e. The quantitative estimate of drug-likeness (QED) is 0.812. The van der Waals surface area contributed by atoms with Crippen molar-refractivity contribution in [2.75, 3.05) is 4.90 Å². The van der Waals surface area contributed by atoms with E-state index in [4.69, 9.17) is 0 Å². The van der Waals surface area contributed by atoms with Gasteiger partial charge in [0.1, 0.15) is 12.1 Å². The molecule has 0 radical (unpaired) electrons. The molecule has 0 aliphatic carbocycles. The van der Waals surface area contributed by atoms with E-state index in [1.807, 2.05) is 45.0 Å². The van der Waals surface area contributed by atoms with Gasteiger partial charge in [-0.15, -0.1) is 0 Å². The summed E-state index contributed by atoms with van der Waals surface area (Å²) in [6.45, 7) is 5.81. The van der Waals surface area contributed by atoms with E-state index in [0.29, 0.717) is 6.42 Å². The molecule has 5 heteroatoms. The number of nitrogens with one attached hydrogen (secondary N) is 1. The second-order valence-electron chi connectivity index (χ2n) is 5.34. The third-order valence-electron chi connectivity index (χ3n) is 3.57. The fourth-order valence-electron chi connectivity index (χ4n) is 2.46. The van der Waals surface area contributed by atoms with E-state index in [-0.39, 0.29) is 17.7 Å². The van der Waals surface area contributed by atoms with E-state index in [2.05, 4.69) is 27.9 Å². The van der Waals surface area contributed by atoms with Crippen molar-refractivity contribution >= 4 is 40.1 Å². The van der Waals surface area contributed by atoms with E-state index >= 15 is 0 Å². The first-order valence-electron chi connectivity index (χ1n) is 6.84. The topological polar surface area (TPSA) is 49.4 Å². The average Bonchev–Trinajstić information content (AvgIpc) is 2.41. The summed E-state index contributed by atoms with van der Waals surface area (Å²) in [7, 11) is 0. The molecule has 2 unspecified atom stereocenters. The van der Waals surface area contributed by atoms with Crippen LogP contribution in [-0.2, 0) is 9.59 Å². The highest BCUT2D eigenvalue weighted by Gasteiger charge is 2.41. The highest BCUT2D eigenvalue weighted by atomic mass is 127. The number of carbonyl (C=O) groups is 2. The van der Waals surface area contributed by atoms with Gasteiger partial charge in [-0.2, -0.15) is 0 Å². The van der Waals surface area contributed by atoms with Crippen LogP contribution in [0, 0.1) is 9.49 Å². The van der Waals surface area contributed by atoms with Gasteiger partial charge in [-0.1, -0.05) is 20.8 Å². The van der Waals surface area contributed by atoms with Crippen LogP contribution in [0.2, 0.25) is 0 Å². The van der Waals surface area contributed by atoms with Gasteiger partial charge >= 0.3 is 0 Å². The number of halogens is 1. The molecule has 1 N–H and O–H groups in total. The molecule has 1 aromatic carbocycles. The van der Waals surface area contributed by atoms with Gasteiger partial charge in [0, 0.05) is 9.26 Å². The van der Waals surface area contributed by atoms with Crippen LogP contribution in [-0.4, -0.2) is 23.9 Å². The summed E-state index contributed by atoms with van der Waals surface area (Å²) >= 11 is 2.22. The lowest BCUT2D eigenvalue weighted by molar-refractivity contribution is -0.134. The smallest absolute Gasteiger partial charge is 0.250 e. The molecule has 0 spiro atoms. The molecular weight excluding hydrogens is 367 g/mol. The molecule has 1 saturated heterocycles. The lowest BCUT2D eigenvalue weighted by Gasteiger charge is -2.40. The van der Waals surface area contributed by atoms with Crippen molar-refractivity contribution in [3.8, 4) is 0 Å². The van der Waals surface area contributed by atoms with Crippen LogP contribution in [0.5, 0.6) is 0 Å². The van der Waals surface area contributed by atoms with Crippen molar-refractivity contribution in [1.82, 2.24) is 5.32 Å². The molecule has 0 saturated carbocycles. The van der Waals surface area contributed by atoms with Crippen molar-refractivity contribution in [3.63, 3.8) is 0 Å². The molecule has 1 aromatic rings. The largest absolute Gasteiger partial charge is 0.342 e. The Labute approximate surface area is 133 Å². The van der Waals surface area contributed by atoms with Gasteiger partial charge < -0.3 is 5.32 Å². The fraction of sp³-hybridized carbons (Fsp3) is 0.467. The van der Waals surface area contributed by atoms with Crippen LogP contribution in [0.4, 0.5) is 5.69 Å². The highest BCUT2D eigenvalue weighted by Crippen LogP contribution is 2.25. The third-order valence-corrected chi connectivity index (χ3v) is 4.29. The second kappa shape index (κ2) is 6.11. The van der Waals surface area contributed by atoms with Gasteiger partial charge in [0.05, 0.1) is 0 Å². The van der Waals surface area contributed by atoms with E-state index in [1.165, 1.54) is 0 Å². The van der Waals surface area contributed by atoms with Crippen molar-refractivity contribution in [2.24, 2.45) is 5.92 Å². The number of hydrogen-bond donors (Lipinski definition) is 1. The Morgan fingerprint density at radius 1 is 1.25 bits per heavy atom. The Morgan fingerprint density at radius 3 is 2.35 bits per heavy atom. The minimum absolute atomic E-state index is 0.0207. The number of piperazine rings is 1. The third kappa shape index (κ3) is 2.82. The zero-order valence-corrected chi connectivity index (χ0v) is 14.0. The Morgan fingerprint density at radius 2 is 1.85 bits per heavy atom. The molecule has 1 fully saturated rings. The van der Waals surface area contributed by atoms with Gasteiger partial charge in [-0.3, -0.25) is 14.5 Å². The lowest BCUT2D eigenvalue weighted by Crippen LogP contribution is -2.64. The number of nitrogens with zero attached hydrogens (tertiary/aromatic N) is 1. The van der Waals surface area contributed by atoms with Gasteiger partial charge in [0.15, 0.2) is 0 Å². The summed E-state index contributed by atoms with van der Waals surface area (Å²) in [6.07, 6.45) is 0.606. The van der Waals surface area contributed by atoms with Crippen LogP contribution in [0.3, 0.4) is 0 Å². The number of rotatable bonds is 3. The number of hydrogen-bond acceptors (Lipinski definition) is 2. The van der Waals surface area contributed by atoms with Crippen molar-refractivity contribution in [3.05, 3.63) is 27.8 Å². The molecule has 2 atom stereocenters. The highest BCUT2D eigenvalue weighted by molar-refractivity contribution is 14.1. The van der Waals surface area contributed by atoms with Crippen LogP contribution in [0.1, 0.15) is 27.2 Å². The molecule has 1 aliphatic heterocycles. The summed E-state index contributed by atoms with van der Waals surface area (Å²) in [5.74, 6) is -0.00684. The molecule has 1 aliphatic rings. The van der Waals surface area contributed by atoms with Crippen LogP contribution < -0.4 is 10.2 Å². The van der Waals surface area contributed by atoms with Crippen molar-refractivity contribution < 1.29 is 9.59 Å². The van der Waals surface area contributed by atoms with Crippen molar-refractivity contribution in [1.29, 1.82) is 0 Å². The van der Waals surface area contributed by atoms with Crippen LogP contribution >= 0.6 is 22.6 Å². The summed E-state index contributed by atoms with van der Waals surface area (Å²) in [6, 6.07) is 6.85. The van der Waals surface area contributed by atoms with Gasteiger partial charge in [-0.05, 0) is 59.2 Å².